The third-order valence-corrected chi connectivity index (χ3v) is 2.82. The highest BCUT2D eigenvalue weighted by Gasteiger charge is 2.13. The molecule has 1 aromatic carbocycles. The summed E-state index contributed by atoms with van der Waals surface area (Å²) < 4.78 is 5.61. The lowest BCUT2D eigenvalue weighted by Gasteiger charge is -2.07. The maximum Gasteiger partial charge on any atom is 0.177 e. The summed E-state index contributed by atoms with van der Waals surface area (Å²) >= 11 is 6.27. The van der Waals surface area contributed by atoms with Crippen molar-refractivity contribution in [1.29, 1.82) is 0 Å². The Kier molecular flexibility index (Phi) is 3.95. The Balaban J connectivity index is 3.21. The molecule has 76 valence electrons. The van der Waals surface area contributed by atoms with Gasteiger partial charge in [-0.1, -0.05) is 15.9 Å². The maximum absolute atomic E-state index is 11.3. The van der Waals surface area contributed by atoms with E-state index in [1.165, 1.54) is 19.2 Å². The molecule has 0 spiro atoms. The first-order chi connectivity index (χ1) is 6.60. The van der Waals surface area contributed by atoms with Gasteiger partial charge in [0.2, 0.25) is 0 Å². The topological polar surface area (TPSA) is 46.5 Å². The number of Topliss-reactive ketones (excluding diaryl/α,β-unsaturated/α-hetero) is 1. The predicted octanol–water partition coefficient (Wildman–Crippen LogP) is 2.74. The van der Waals surface area contributed by atoms with Crippen LogP contribution in [-0.4, -0.2) is 23.3 Å². The monoisotopic (exact) mass is 322 g/mol. The SMILES string of the molecule is COc1cc(O)c(C(=O)CBr)cc1Br. The molecule has 0 aliphatic heterocycles. The Morgan fingerprint density at radius 3 is 2.71 bits per heavy atom. The number of carbonyl (C=O) groups is 1. The number of methoxy groups -OCH3 is 1. The minimum atomic E-state index is -0.175. The van der Waals surface area contributed by atoms with E-state index < -0.39 is 0 Å². The number of carbonyl (C=O) groups excluding carboxylic acids is 1. The van der Waals surface area contributed by atoms with Gasteiger partial charge in [-0.15, -0.1) is 0 Å². The molecule has 3 nitrogen and oxygen atoms in total. The van der Waals surface area contributed by atoms with Gasteiger partial charge in [-0.25, -0.2) is 0 Å². The maximum atomic E-state index is 11.3. The Hall–Kier alpha value is -0.550. The Labute approximate surface area is 98.3 Å². The van der Waals surface area contributed by atoms with E-state index >= 15 is 0 Å². The summed E-state index contributed by atoms with van der Waals surface area (Å²) in [5.41, 5.74) is 0.273. The van der Waals surface area contributed by atoms with Gasteiger partial charge in [0.25, 0.3) is 0 Å². The summed E-state index contributed by atoms with van der Waals surface area (Å²) in [5.74, 6) is 0.244. The second-order valence-electron chi connectivity index (χ2n) is 2.56. The zero-order valence-corrected chi connectivity index (χ0v) is 10.6. The fourth-order valence-corrected chi connectivity index (χ4v) is 1.80. The van der Waals surface area contributed by atoms with Crippen LogP contribution in [0.2, 0.25) is 0 Å². The van der Waals surface area contributed by atoms with Gasteiger partial charge in [-0.05, 0) is 22.0 Å². The van der Waals surface area contributed by atoms with Crippen LogP contribution in [0.4, 0.5) is 0 Å². The van der Waals surface area contributed by atoms with Crippen LogP contribution in [0.15, 0.2) is 16.6 Å². The fraction of sp³-hybridized carbons (Fsp3) is 0.222. The van der Waals surface area contributed by atoms with Gasteiger partial charge in [-0.2, -0.15) is 0 Å². The number of phenolic OH excluding ortho intramolecular Hbond substituents is 1. The van der Waals surface area contributed by atoms with E-state index in [1.54, 1.807) is 0 Å². The molecule has 1 N–H and O–H groups in total. The Morgan fingerprint density at radius 1 is 1.57 bits per heavy atom. The highest BCUT2D eigenvalue weighted by molar-refractivity contribution is 9.10. The normalized spacial score (nSPS) is 9.93. The molecule has 0 atom stereocenters. The van der Waals surface area contributed by atoms with Gasteiger partial charge in [0.1, 0.15) is 11.5 Å². The molecule has 5 heteroatoms. The average molecular weight is 324 g/mol. The molecule has 0 radical (unpaired) electrons. The quantitative estimate of drug-likeness (QED) is 0.687. The molecule has 0 aliphatic carbocycles. The van der Waals surface area contributed by atoms with Crippen molar-refractivity contribution in [1.82, 2.24) is 0 Å². The average Bonchev–Trinajstić information content (AvgIpc) is 2.19. The summed E-state index contributed by atoms with van der Waals surface area (Å²) in [5, 5.41) is 9.69. The lowest BCUT2D eigenvalue weighted by atomic mass is 10.1. The van der Waals surface area contributed by atoms with Crippen molar-refractivity contribution in [2.24, 2.45) is 0 Å². The molecular weight excluding hydrogens is 316 g/mol. The molecule has 0 amide bonds. The molecule has 14 heavy (non-hydrogen) atoms. The molecule has 0 heterocycles. The molecule has 0 aromatic heterocycles. The summed E-state index contributed by atoms with van der Waals surface area (Å²) in [6, 6.07) is 2.94. The standard InChI is InChI=1S/C9H8Br2O3/c1-14-9-3-7(12)5(2-6(9)11)8(13)4-10/h2-3,12H,4H2,1H3. The molecule has 1 rings (SSSR count). The molecule has 0 fully saturated rings. The van der Waals surface area contributed by atoms with Crippen LogP contribution in [0.25, 0.3) is 0 Å². The van der Waals surface area contributed by atoms with E-state index in [2.05, 4.69) is 31.9 Å². The van der Waals surface area contributed by atoms with Crippen molar-refractivity contribution in [2.45, 2.75) is 0 Å². The smallest absolute Gasteiger partial charge is 0.177 e. The van der Waals surface area contributed by atoms with Crippen molar-refractivity contribution < 1.29 is 14.6 Å². The highest BCUT2D eigenvalue weighted by atomic mass is 79.9. The van der Waals surface area contributed by atoms with Gasteiger partial charge < -0.3 is 9.84 Å². The number of hydrogen-bond donors (Lipinski definition) is 1. The minimum absolute atomic E-state index is 0.0745. The zero-order chi connectivity index (χ0) is 10.7. The Morgan fingerprint density at radius 2 is 2.21 bits per heavy atom. The van der Waals surface area contributed by atoms with Gasteiger partial charge in [-0.3, -0.25) is 4.79 Å². The van der Waals surface area contributed by atoms with Gasteiger partial charge in [0, 0.05) is 6.07 Å². The molecule has 0 saturated heterocycles. The molecule has 0 bridgehead atoms. The lowest BCUT2D eigenvalue weighted by Crippen LogP contribution is -2.00. The molecular formula is C9H8Br2O3. The first-order valence-electron chi connectivity index (χ1n) is 3.75. The van der Waals surface area contributed by atoms with E-state index in [0.29, 0.717) is 10.2 Å². The largest absolute Gasteiger partial charge is 0.507 e. The summed E-state index contributed by atoms with van der Waals surface area (Å²) in [7, 11) is 1.49. The van der Waals surface area contributed by atoms with Crippen LogP contribution >= 0.6 is 31.9 Å². The number of ether oxygens (including phenoxy) is 1. The van der Waals surface area contributed by atoms with Crippen LogP contribution in [-0.2, 0) is 0 Å². The predicted molar refractivity (Wildman–Crippen MR) is 60.5 cm³/mol. The van der Waals surface area contributed by atoms with Crippen LogP contribution in [0, 0.1) is 0 Å². The van der Waals surface area contributed by atoms with Crippen molar-refractivity contribution in [3.63, 3.8) is 0 Å². The van der Waals surface area contributed by atoms with E-state index in [4.69, 9.17) is 4.74 Å². The second-order valence-corrected chi connectivity index (χ2v) is 3.98. The number of alkyl halides is 1. The Bertz CT molecular complexity index is 363. The molecule has 0 unspecified atom stereocenters. The minimum Gasteiger partial charge on any atom is -0.507 e. The summed E-state index contributed by atoms with van der Waals surface area (Å²) in [6.07, 6.45) is 0. The number of halogens is 2. The second kappa shape index (κ2) is 4.79. The number of hydrogen-bond acceptors (Lipinski definition) is 3. The van der Waals surface area contributed by atoms with E-state index in [-0.39, 0.29) is 22.4 Å². The fourth-order valence-electron chi connectivity index (χ4n) is 0.994. The van der Waals surface area contributed by atoms with Crippen molar-refractivity contribution in [2.75, 3.05) is 12.4 Å². The number of rotatable bonds is 3. The zero-order valence-electron chi connectivity index (χ0n) is 7.38. The van der Waals surface area contributed by atoms with Crippen molar-refractivity contribution >= 4 is 37.6 Å². The van der Waals surface area contributed by atoms with E-state index in [0.717, 1.165) is 0 Å². The van der Waals surface area contributed by atoms with Crippen molar-refractivity contribution in [3.05, 3.63) is 22.2 Å². The van der Waals surface area contributed by atoms with Crippen LogP contribution in [0.5, 0.6) is 11.5 Å². The number of benzene rings is 1. The van der Waals surface area contributed by atoms with Gasteiger partial charge in [0.05, 0.1) is 22.5 Å². The highest BCUT2D eigenvalue weighted by Crippen LogP contribution is 2.32. The summed E-state index contributed by atoms with van der Waals surface area (Å²) in [4.78, 5) is 11.3. The first kappa shape index (κ1) is 11.5. The molecule has 0 aliphatic rings. The van der Waals surface area contributed by atoms with Crippen LogP contribution in [0.3, 0.4) is 0 Å². The number of aromatic hydroxyl groups is 1. The lowest BCUT2D eigenvalue weighted by molar-refractivity contribution is 0.102. The third-order valence-electron chi connectivity index (χ3n) is 1.69. The van der Waals surface area contributed by atoms with Gasteiger partial charge >= 0.3 is 0 Å². The van der Waals surface area contributed by atoms with E-state index in [9.17, 15) is 9.90 Å². The van der Waals surface area contributed by atoms with Crippen LogP contribution < -0.4 is 4.74 Å². The number of phenols is 1. The summed E-state index contributed by atoms with van der Waals surface area (Å²) in [6.45, 7) is 0. The van der Waals surface area contributed by atoms with Crippen LogP contribution in [0.1, 0.15) is 10.4 Å². The van der Waals surface area contributed by atoms with Crippen molar-refractivity contribution in [3.8, 4) is 11.5 Å². The van der Waals surface area contributed by atoms with Gasteiger partial charge in [0.15, 0.2) is 5.78 Å². The third kappa shape index (κ3) is 2.27. The number of ketones is 1. The van der Waals surface area contributed by atoms with E-state index in [1.807, 2.05) is 0 Å². The molecule has 1 aromatic rings. The molecule has 0 saturated carbocycles. The first-order valence-corrected chi connectivity index (χ1v) is 5.67.